The van der Waals surface area contributed by atoms with Crippen molar-refractivity contribution in [3.63, 3.8) is 0 Å². The van der Waals surface area contributed by atoms with Gasteiger partial charge in [-0.15, -0.1) is 0 Å². The van der Waals surface area contributed by atoms with Crippen LogP contribution in [0.25, 0.3) is 0 Å². The van der Waals surface area contributed by atoms with Gasteiger partial charge in [0.15, 0.2) is 0 Å². The normalized spacial score (nSPS) is 11.5. The first-order chi connectivity index (χ1) is 12.4. The van der Waals surface area contributed by atoms with Gasteiger partial charge in [0, 0.05) is 0 Å². The molecule has 0 aliphatic heterocycles. The van der Waals surface area contributed by atoms with Crippen molar-refractivity contribution in [2.24, 2.45) is 0 Å². The molecule has 3 aromatic carbocycles. The van der Waals surface area contributed by atoms with Crippen molar-refractivity contribution in [2.75, 3.05) is 0 Å². The molecule has 3 rings (SSSR count). The molecular weight excluding hydrogens is 332 g/mol. The van der Waals surface area contributed by atoms with Crippen LogP contribution in [0.3, 0.4) is 0 Å². The van der Waals surface area contributed by atoms with E-state index in [-0.39, 0.29) is 0 Å². The van der Waals surface area contributed by atoms with Crippen LogP contribution in [0.2, 0.25) is 0 Å². The monoisotopic (exact) mass is 360 g/mol. The molecule has 0 aliphatic rings. The summed E-state index contributed by atoms with van der Waals surface area (Å²) in [5.41, 5.74) is 7.51. The lowest BCUT2D eigenvalue weighted by Gasteiger charge is -2.26. The third kappa shape index (κ3) is 5.17. The van der Waals surface area contributed by atoms with Crippen LogP contribution < -0.4 is 0 Å². The average molecular weight is 361 g/mol. The first kappa shape index (κ1) is 18.6. The highest BCUT2D eigenvalue weighted by Crippen LogP contribution is 2.22. The summed E-state index contributed by atoms with van der Waals surface area (Å²) in [4.78, 5) is 11.8. The van der Waals surface area contributed by atoms with Gasteiger partial charge in [0.1, 0.15) is 0 Å². The highest BCUT2D eigenvalue weighted by Gasteiger charge is 2.32. The minimum absolute atomic E-state index is 0.788. The van der Waals surface area contributed by atoms with Gasteiger partial charge in [0.25, 0.3) is 0 Å². The lowest BCUT2D eigenvalue weighted by atomic mass is 10.2. The van der Waals surface area contributed by atoms with E-state index in [0.29, 0.717) is 0 Å². The molecule has 0 fully saturated rings. The SMILES string of the molecule is Cc1cccc(C[Si](O)(Cc2cccc(C)c2)Cc2cccc(C)c2)c1. The fourth-order valence-corrected chi connectivity index (χ4v) is 7.11. The predicted octanol–water partition coefficient (Wildman–Crippen LogP) is 5.20. The second-order valence-electron chi connectivity index (χ2n) is 7.72. The third-order valence-electron chi connectivity index (χ3n) is 4.85. The van der Waals surface area contributed by atoms with E-state index in [1.807, 2.05) is 0 Å². The molecule has 0 radical (unpaired) electrons. The molecule has 0 amide bonds. The molecule has 0 aliphatic carbocycles. The van der Waals surface area contributed by atoms with E-state index in [9.17, 15) is 4.80 Å². The van der Waals surface area contributed by atoms with Crippen molar-refractivity contribution in [3.8, 4) is 0 Å². The Bertz CT molecular complexity index is 769. The van der Waals surface area contributed by atoms with Crippen molar-refractivity contribution in [2.45, 2.75) is 38.9 Å². The largest absolute Gasteiger partial charge is 0.431 e. The predicted molar refractivity (Wildman–Crippen MR) is 113 cm³/mol. The second-order valence-corrected chi connectivity index (χ2v) is 11.2. The molecule has 0 atom stereocenters. The van der Waals surface area contributed by atoms with Crippen LogP contribution in [0.4, 0.5) is 0 Å². The lowest BCUT2D eigenvalue weighted by Crippen LogP contribution is -2.44. The molecule has 0 heterocycles. The first-order valence-electron chi connectivity index (χ1n) is 9.31. The summed E-state index contributed by atoms with van der Waals surface area (Å²) in [5, 5.41) is 0. The molecular formula is C24H28OSi. The van der Waals surface area contributed by atoms with E-state index in [1.54, 1.807) is 0 Å². The molecule has 0 unspecified atom stereocenters. The van der Waals surface area contributed by atoms with Crippen LogP contribution >= 0.6 is 0 Å². The Morgan fingerprint density at radius 2 is 0.885 bits per heavy atom. The molecule has 0 saturated carbocycles. The Hall–Kier alpha value is -2.16. The van der Waals surface area contributed by atoms with E-state index in [2.05, 4.69) is 93.6 Å². The quantitative estimate of drug-likeness (QED) is 0.599. The maximum Gasteiger partial charge on any atom is 0.201 e. The number of hydrogen-bond donors (Lipinski definition) is 1. The van der Waals surface area contributed by atoms with Gasteiger partial charge in [-0.3, -0.25) is 0 Å². The van der Waals surface area contributed by atoms with Gasteiger partial charge < -0.3 is 4.80 Å². The van der Waals surface area contributed by atoms with Crippen LogP contribution in [0.5, 0.6) is 0 Å². The molecule has 1 N–H and O–H groups in total. The van der Waals surface area contributed by atoms with Crippen LogP contribution in [-0.4, -0.2) is 13.1 Å². The second kappa shape index (κ2) is 8.03. The zero-order chi connectivity index (χ0) is 18.6. The highest BCUT2D eigenvalue weighted by atomic mass is 28.4. The van der Waals surface area contributed by atoms with Gasteiger partial charge in [0.05, 0.1) is 0 Å². The standard InChI is InChI=1S/C24H28OSi/c1-19-7-4-10-22(13-19)16-26(25,17-23-11-5-8-20(2)14-23)18-24-12-6-9-21(3)15-24/h4-15,25H,16-18H2,1-3H3. The summed E-state index contributed by atoms with van der Waals surface area (Å²) < 4.78 is 0. The molecule has 0 bridgehead atoms. The Morgan fingerprint density at radius 3 is 1.15 bits per heavy atom. The maximum atomic E-state index is 11.8. The van der Waals surface area contributed by atoms with Crippen molar-refractivity contribution in [3.05, 3.63) is 106 Å². The molecule has 0 spiro atoms. The van der Waals surface area contributed by atoms with Gasteiger partial charge in [-0.1, -0.05) is 89.5 Å². The number of rotatable bonds is 6. The maximum absolute atomic E-state index is 11.8. The smallest absolute Gasteiger partial charge is 0.201 e. The Morgan fingerprint density at radius 1 is 0.577 bits per heavy atom. The lowest BCUT2D eigenvalue weighted by molar-refractivity contribution is 0.523. The van der Waals surface area contributed by atoms with Gasteiger partial charge >= 0.3 is 0 Å². The number of hydrogen-bond acceptors (Lipinski definition) is 1. The summed E-state index contributed by atoms with van der Waals surface area (Å²) >= 11 is 0. The Kier molecular flexibility index (Phi) is 5.75. The van der Waals surface area contributed by atoms with Gasteiger partial charge in [-0.25, -0.2) is 0 Å². The minimum atomic E-state index is -2.54. The van der Waals surface area contributed by atoms with Crippen LogP contribution in [-0.2, 0) is 18.1 Å². The molecule has 0 aromatic heterocycles. The molecule has 26 heavy (non-hydrogen) atoms. The van der Waals surface area contributed by atoms with Crippen LogP contribution in [0.1, 0.15) is 33.4 Å². The number of benzene rings is 3. The van der Waals surface area contributed by atoms with E-state index < -0.39 is 8.32 Å². The molecule has 0 saturated heterocycles. The van der Waals surface area contributed by atoms with Crippen LogP contribution in [0.15, 0.2) is 72.8 Å². The zero-order valence-electron chi connectivity index (χ0n) is 16.0. The van der Waals surface area contributed by atoms with Gasteiger partial charge in [0.2, 0.25) is 8.32 Å². The summed E-state index contributed by atoms with van der Waals surface area (Å²) in [6, 6.07) is 28.1. The first-order valence-corrected chi connectivity index (χ1v) is 11.9. The fraction of sp³-hybridized carbons (Fsp3) is 0.250. The summed E-state index contributed by atoms with van der Waals surface area (Å²) in [6.45, 7) is 6.35. The third-order valence-corrected chi connectivity index (χ3v) is 8.05. The highest BCUT2D eigenvalue weighted by molar-refractivity contribution is 6.70. The molecule has 3 aromatic rings. The Labute approximate surface area is 158 Å². The van der Waals surface area contributed by atoms with Crippen LogP contribution in [0, 0.1) is 20.8 Å². The summed E-state index contributed by atoms with van der Waals surface area (Å²) in [5.74, 6) is 0. The van der Waals surface area contributed by atoms with Gasteiger partial charge in [-0.2, -0.15) is 0 Å². The van der Waals surface area contributed by atoms with Gasteiger partial charge in [-0.05, 0) is 55.6 Å². The topological polar surface area (TPSA) is 20.2 Å². The zero-order valence-corrected chi connectivity index (χ0v) is 17.0. The fourth-order valence-electron chi connectivity index (χ4n) is 3.79. The van der Waals surface area contributed by atoms with Crippen molar-refractivity contribution in [1.29, 1.82) is 0 Å². The molecule has 134 valence electrons. The number of aryl methyl sites for hydroxylation is 3. The van der Waals surface area contributed by atoms with Crippen molar-refractivity contribution in [1.82, 2.24) is 0 Å². The van der Waals surface area contributed by atoms with E-state index >= 15 is 0 Å². The summed E-state index contributed by atoms with van der Waals surface area (Å²) in [6.07, 6.45) is 0. The van der Waals surface area contributed by atoms with Crippen molar-refractivity contribution >= 4 is 8.32 Å². The van der Waals surface area contributed by atoms with E-state index in [0.717, 1.165) is 18.1 Å². The molecule has 1 nitrogen and oxygen atoms in total. The van der Waals surface area contributed by atoms with E-state index in [4.69, 9.17) is 0 Å². The van der Waals surface area contributed by atoms with E-state index in [1.165, 1.54) is 33.4 Å². The summed E-state index contributed by atoms with van der Waals surface area (Å²) in [7, 11) is -2.54. The minimum Gasteiger partial charge on any atom is -0.431 e. The van der Waals surface area contributed by atoms with Crippen molar-refractivity contribution < 1.29 is 4.80 Å². The Balaban J connectivity index is 1.91. The molecule has 2 heteroatoms. The average Bonchev–Trinajstić information content (AvgIpc) is 2.54.